The molecule has 0 unspecified atom stereocenters. The minimum atomic E-state index is -0.423. The van der Waals surface area contributed by atoms with Gasteiger partial charge >= 0.3 is 0 Å². The Kier molecular flexibility index (Phi) is 14.9. The fourth-order valence-electron chi connectivity index (χ4n) is 3.80. The van der Waals surface area contributed by atoms with Gasteiger partial charge in [0.15, 0.2) is 0 Å². The summed E-state index contributed by atoms with van der Waals surface area (Å²) in [5.74, 6) is 0. The van der Waals surface area contributed by atoms with Crippen LogP contribution in [0.15, 0.2) is 11.1 Å². The van der Waals surface area contributed by atoms with Gasteiger partial charge in [0.25, 0.3) is 0 Å². The Morgan fingerprint density at radius 2 is 1.35 bits per heavy atom. The molecule has 1 rings (SSSR count). The van der Waals surface area contributed by atoms with Crippen molar-refractivity contribution in [3.05, 3.63) is 11.1 Å². The number of halogens is 1. The highest BCUT2D eigenvalue weighted by atomic mass is 79.9. The van der Waals surface area contributed by atoms with Crippen LogP contribution in [0, 0.1) is 0 Å². The van der Waals surface area contributed by atoms with Gasteiger partial charge in [-0.05, 0) is 37.1 Å². The Hall–Kier alpha value is 0.1000. The number of unbranched alkanes of at least 4 members (excludes halogenated alkanes) is 9. The third kappa shape index (κ3) is 11.1. The van der Waals surface area contributed by atoms with Crippen LogP contribution in [0.3, 0.4) is 0 Å². The minimum Gasteiger partial charge on any atom is -0.390 e. The third-order valence-electron chi connectivity index (χ3n) is 5.52. The van der Waals surface area contributed by atoms with E-state index in [0.29, 0.717) is 6.42 Å². The average Bonchev–Trinajstić information content (AvgIpc) is 3.13. The molecule has 0 aromatic carbocycles. The molecule has 1 heterocycles. The molecule has 0 spiro atoms. The fourth-order valence-corrected chi connectivity index (χ4v) is 4.06. The first-order valence-corrected chi connectivity index (χ1v) is 11.9. The predicted molar refractivity (Wildman–Crippen MR) is 114 cm³/mol. The summed E-state index contributed by atoms with van der Waals surface area (Å²) in [5.41, 5.74) is 0. The van der Waals surface area contributed by atoms with Crippen LogP contribution in [0.2, 0.25) is 0 Å². The molecule has 0 aromatic rings. The number of aliphatic hydroxyl groups is 2. The molecule has 154 valence electrons. The maximum atomic E-state index is 10.4. The smallest absolute Gasteiger partial charge is 0.0840 e. The van der Waals surface area contributed by atoms with Gasteiger partial charge in [-0.2, -0.15) is 0 Å². The molecule has 1 fully saturated rings. The third-order valence-corrected chi connectivity index (χ3v) is 5.89. The number of hydrogen-bond acceptors (Lipinski definition) is 3. The Labute approximate surface area is 169 Å². The normalized spacial score (nSPS) is 22.9. The summed E-state index contributed by atoms with van der Waals surface area (Å²) in [7, 11) is 0. The van der Waals surface area contributed by atoms with Crippen LogP contribution in [0.5, 0.6) is 0 Å². The van der Waals surface area contributed by atoms with E-state index >= 15 is 0 Å². The van der Waals surface area contributed by atoms with E-state index in [-0.39, 0.29) is 18.3 Å². The largest absolute Gasteiger partial charge is 0.390 e. The summed E-state index contributed by atoms with van der Waals surface area (Å²) in [6, 6.07) is 0. The standard InChI is InChI=1S/C22H41BrO3/c1-2-3-4-5-6-7-8-9-10-11-14-19(24)21-16-17-22(26-21)20(25)15-12-13-18-23/h13,18-22,24-25H,2-12,14-17H2,1H3/b18-13+/t19-,20-,21-,22-/m1/s1. The highest BCUT2D eigenvalue weighted by Gasteiger charge is 2.33. The van der Waals surface area contributed by atoms with Crippen molar-refractivity contribution in [3.63, 3.8) is 0 Å². The van der Waals surface area contributed by atoms with E-state index < -0.39 is 6.10 Å². The van der Waals surface area contributed by atoms with E-state index in [0.717, 1.165) is 32.1 Å². The molecular weight excluding hydrogens is 392 g/mol. The van der Waals surface area contributed by atoms with Crippen molar-refractivity contribution in [1.29, 1.82) is 0 Å². The quantitative estimate of drug-likeness (QED) is 0.283. The first-order chi connectivity index (χ1) is 12.7. The topological polar surface area (TPSA) is 49.7 Å². The number of allylic oxidation sites excluding steroid dienone is 1. The highest BCUT2D eigenvalue weighted by Crippen LogP contribution is 2.28. The van der Waals surface area contributed by atoms with Gasteiger partial charge in [0.2, 0.25) is 0 Å². The molecule has 0 aliphatic carbocycles. The lowest BCUT2D eigenvalue weighted by molar-refractivity contribution is -0.0779. The van der Waals surface area contributed by atoms with Crippen molar-refractivity contribution in [2.75, 3.05) is 0 Å². The first kappa shape index (κ1) is 24.1. The zero-order valence-electron chi connectivity index (χ0n) is 16.8. The van der Waals surface area contributed by atoms with Crippen molar-refractivity contribution in [3.8, 4) is 0 Å². The summed E-state index contributed by atoms with van der Waals surface area (Å²) in [5, 5.41) is 20.5. The van der Waals surface area contributed by atoms with Gasteiger partial charge in [-0.1, -0.05) is 93.1 Å². The molecule has 4 heteroatoms. The van der Waals surface area contributed by atoms with Crippen molar-refractivity contribution >= 4 is 15.9 Å². The zero-order valence-corrected chi connectivity index (χ0v) is 18.3. The fraction of sp³-hybridized carbons (Fsp3) is 0.909. The van der Waals surface area contributed by atoms with Crippen LogP contribution in [0.1, 0.15) is 103 Å². The van der Waals surface area contributed by atoms with Crippen molar-refractivity contribution in [2.24, 2.45) is 0 Å². The maximum absolute atomic E-state index is 10.4. The Morgan fingerprint density at radius 1 is 0.846 bits per heavy atom. The van der Waals surface area contributed by atoms with E-state index in [2.05, 4.69) is 22.9 Å². The van der Waals surface area contributed by atoms with Crippen LogP contribution in [-0.4, -0.2) is 34.6 Å². The number of hydrogen-bond donors (Lipinski definition) is 2. The molecule has 0 radical (unpaired) electrons. The average molecular weight is 433 g/mol. The van der Waals surface area contributed by atoms with Crippen LogP contribution >= 0.6 is 15.9 Å². The number of rotatable bonds is 16. The number of aliphatic hydroxyl groups excluding tert-OH is 2. The minimum absolute atomic E-state index is 0.0834. The molecule has 1 aliphatic rings. The first-order valence-electron chi connectivity index (χ1n) is 11.0. The van der Waals surface area contributed by atoms with E-state index in [1.807, 2.05) is 11.1 Å². The van der Waals surface area contributed by atoms with Gasteiger partial charge in [-0.3, -0.25) is 0 Å². The molecule has 0 amide bonds. The molecule has 2 N–H and O–H groups in total. The SMILES string of the molecule is CCCCCCCCCCCC[C@@H](O)[C@H]1CC[C@H]([C@H](O)CC/C=C/Br)O1. The van der Waals surface area contributed by atoms with Crippen LogP contribution in [0.4, 0.5) is 0 Å². The zero-order chi connectivity index (χ0) is 19.0. The second-order valence-electron chi connectivity index (χ2n) is 7.83. The van der Waals surface area contributed by atoms with Crippen molar-refractivity contribution in [1.82, 2.24) is 0 Å². The summed E-state index contributed by atoms with van der Waals surface area (Å²) in [4.78, 5) is 1.83. The van der Waals surface area contributed by atoms with Crippen LogP contribution < -0.4 is 0 Å². The summed E-state index contributed by atoms with van der Waals surface area (Å²) in [6.45, 7) is 2.26. The molecule has 1 aliphatic heterocycles. The second kappa shape index (κ2) is 16.1. The van der Waals surface area contributed by atoms with Gasteiger partial charge < -0.3 is 14.9 Å². The lowest BCUT2D eigenvalue weighted by Gasteiger charge is -2.22. The van der Waals surface area contributed by atoms with Gasteiger partial charge in [0, 0.05) is 0 Å². The Bertz CT molecular complexity index is 348. The van der Waals surface area contributed by atoms with E-state index in [1.165, 1.54) is 57.8 Å². The maximum Gasteiger partial charge on any atom is 0.0840 e. The molecule has 26 heavy (non-hydrogen) atoms. The van der Waals surface area contributed by atoms with Gasteiger partial charge in [-0.15, -0.1) is 0 Å². The predicted octanol–water partition coefficient (Wildman–Crippen LogP) is 6.26. The van der Waals surface area contributed by atoms with Gasteiger partial charge in [-0.25, -0.2) is 0 Å². The van der Waals surface area contributed by atoms with Gasteiger partial charge in [0.05, 0.1) is 24.4 Å². The van der Waals surface area contributed by atoms with E-state index in [1.54, 1.807) is 0 Å². The monoisotopic (exact) mass is 432 g/mol. The lowest BCUT2D eigenvalue weighted by Crippen LogP contribution is -2.30. The summed E-state index contributed by atoms with van der Waals surface area (Å²) in [6.07, 6.45) is 18.3. The summed E-state index contributed by atoms with van der Waals surface area (Å²) < 4.78 is 5.92. The van der Waals surface area contributed by atoms with Gasteiger partial charge in [0.1, 0.15) is 0 Å². The molecule has 0 bridgehead atoms. The lowest BCUT2D eigenvalue weighted by atomic mass is 10.0. The Balaban J connectivity index is 2.00. The van der Waals surface area contributed by atoms with Crippen LogP contribution in [0.25, 0.3) is 0 Å². The molecular formula is C22H41BrO3. The molecule has 0 aromatic heterocycles. The van der Waals surface area contributed by atoms with E-state index in [9.17, 15) is 10.2 Å². The molecule has 1 saturated heterocycles. The van der Waals surface area contributed by atoms with E-state index in [4.69, 9.17) is 4.74 Å². The number of ether oxygens (including phenoxy) is 1. The van der Waals surface area contributed by atoms with Crippen molar-refractivity contribution in [2.45, 2.75) is 128 Å². The highest BCUT2D eigenvalue weighted by molar-refractivity contribution is 9.11. The Morgan fingerprint density at radius 3 is 1.88 bits per heavy atom. The van der Waals surface area contributed by atoms with Crippen molar-refractivity contribution < 1.29 is 14.9 Å². The molecule has 0 saturated carbocycles. The molecule has 3 nitrogen and oxygen atoms in total. The molecule has 4 atom stereocenters. The summed E-state index contributed by atoms with van der Waals surface area (Å²) >= 11 is 3.24. The van der Waals surface area contributed by atoms with Crippen LogP contribution in [-0.2, 0) is 4.74 Å². The second-order valence-corrected chi connectivity index (χ2v) is 8.36.